The summed E-state index contributed by atoms with van der Waals surface area (Å²) in [4.78, 5) is 0. The molecule has 0 spiro atoms. The first-order chi connectivity index (χ1) is 6.79. The minimum absolute atomic E-state index is 0.0938. The normalized spacial score (nSPS) is 12.8. The van der Waals surface area contributed by atoms with Crippen molar-refractivity contribution in [2.75, 3.05) is 12.0 Å². The Morgan fingerprint density at radius 3 is 2.79 bits per heavy atom. The molecule has 0 aliphatic heterocycles. The highest BCUT2D eigenvalue weighted by Crippen LogP contribution is 2.20. The molecular formula is C10H15FN2S. The van der Waals surface area contributed by atoms with Gasteiger partial charge in [-0.2, -0.15) is 11.8 Å². The van der Waals surface area contributed by atoms with E-state index in [0.717, 1.165) is 12.2 Å². The summed E-state index contributed by atoms with van der Waals surface area (Å²) in [6.45, 7) is 0. The summed E-state index contributed by atoms with van der Waals surface area (Å²) in [7, 11) is 0. The zero-order valence-electron chi connectivity index (χ0n) is 8.16. The van der Waals surface area contributed by atoms with E-state index < -0.39 is 0 Å². The van der Waals surface area contributed by atoms with Crippen molar-refractivity contribution < 1.29 is 4.39 Å². The first kappa shape index (κ1) is 11.5. The van der Waals surface area contributed by atoms with Gasteiger partial charge in [-0.3, -0.25) is 11.3 Å². The maximum Gasteiger partial charge on any atom is 0.128 e. The maximum atomic E-state index is 13.4. The monoisotopic (exact) mass is 214 g/mol. The quantitative estimate of drug-likeness (QED) is 0.582. The van der Waals surface area contributed by atoms with Gasteiger partial charge in [0.05, 0.1) is 0 Å². The third-order valence-corrected chi connectivity index (χ3v) is 2.74. The second-order valence-corrected chi connectivity index (χ2v) is 4.01. The molecule has 1 aromatic rings. The molecule has 3 N–H and O–H groups in total. The number of benzene rings is 1. The SMILES string of the molecule is CSCCC(NN)c1ccccc1F. The third-order valence-electron chi connectivity index (χ3n) is 2.09. The number of hydrogen-bond donors (Lipinski definition) is 2. The van der Waals surface area contributed by atoms with Crippen LogP contribution in [0.5, 0.6) is 0 Å². The fraction of sp³-hybridized carbons (Fsp3) is 0.400. The fourth-order valence-electron chi connectivity index (χ4n) is 1.32. The molecule has 0 fully saturated rings. The van der Waals surface area contributed by atoms with Gasteiger partial charge in [0.1, 0.15) is 5.82 Å². The van der Waals surface area contributed by atoms with Crippen molar-refractivity contribution in [3.8, 4) is 0 Å². The summed E-state index contributed by atoms with van der Waals surface area (Å²) in [5.74, 6) is 6.15. The zero-order chi connectivity index (χ0) is 10.4. The summed E-state index contributed by atoms with van der Waals surface area (Å²) in [5, 5.41) is 0. The lowest BCUT2D eigenvalue weighted by Crippen LogP contribution is -2.29. The Kier molecular flexibility index (Phi) is 4.93. The maximum absolute atomic E-state index is 13.4. The van der Waals surface area contributed by atoms with Crippen molar-refractivity contribution >= 4 is 11.8 Å². The minimum Gasteiger partial charge on any atom is -0.271 e. The molecule has 0 radical (unpaired) electrons. The Morgan fingerprint density at radius 2 is 2.21 bits per heavy atom. The van der Waals surface area contributed by atoms with Crippen molar-refractivity contribution in [1.82, 2.24) is 5.43 Å². The molecule has 1 aromatic carbocycles. The van der Waals surface area contributed by atoms with Gasteiger partial charge >= 0.3 is 0 Å². The summed E-state index contributed by atoms with van der Waals surface area (Å²) in [6.07, 6.45) is 2.85. The molecule has 78 valence electrons. The minimum atomic E-state index is -0.198. The molecule has 0 aromatic heterocycles. The number of halogens is 1. The van der Waals surface area contributed by atoms with Gasteiger partial charge in [-0.1, -0.05) is 18.2 Å². The highest BCUT2D eigenvalue weighted by molar-refractivity contribution is 7.98. The summed E-state index contributed by atoms with van der Waals surface area (Å²) in [5.41, 5.74) is 3.28. The molecule has 0 heterocycles. The van der Waals surface area contributed by atoms with Crippen LogP contribution in [0.1, 0.15) is 18.0 Å². The Bertz CT molecular complexity index is 281. The van der Waals surface area contributed by atoms with Gasteiger partial charge in [-0.25, -0.2) is 4.39 Å². The van der Waals surface area contributed by atoms with Crippen LogP contribution in [0.25, 0.3) is 0 Å². The predicted molar refractivity (Wildman–Crippen MR) is 59.5 cm³/mol. The van der Waals surface area contributed by atoms with E-state index in [1.807, 2.05) is 12.3 Å². The highest BCUT2D eigenvalue weighted by atomic mass is 32.2. The van der Waals surface area contributed by atoms with Crippen LogP contribution in [-0.4, -0.2) is 12.0 Å². The molecule has 1 unspecified atom stereocenters. The van der Waals surface area contributed by atoms with Gasteiger partial charge in [0.25, 0.3) is 0 Å². The van der Waals surface area contributed by atoms with Crippen LogP contribution >= 0.6 is 11.8 Å². The summed E-state index contributed by atoms with van der Waals surface area (Å²) >= 11 is 1.73. The highest BCUT2D eigenvalue weighted by Gasteiger charge is 2.12. The van der Waals surface area contributed by atoms with Crippen LogP contribution in [-0.2, 0) is 0 Å². The Hall–Kier alpha value is -0.580. The van der Waals surface area contributed by atoms with E-state index in [2.05, 4.69) is 5.43 Å². The van der Waals surface area contributed by atoms with E-state index in [1.165, 1.54) is 6.07 Å². The molecule has 0 aliphatic carbocycles. The lowest BCUT2D eigenvalue weighted by Gasteiger charge is -2.16. The van der Waals surface area contributed by atoms with E-state index in [-0.39, 0.29) is 11.9 Å². The standard InChI is InChI=1S/C10H15FN2S/c1-14-7-6-10(13-12)8-4-2-3-5-9(8)11/h2-5,10,13H,6-7,12H2,1H3. The molecule has 0 saturated heterocycles. The van der Waals surface area contributed by atoms with Crippen LogP contribution in [0, 0.1) is 5.82 Å². The van der Waals surface area contributed by atoms with E-state index in [9.17, 15) is 4.39 Å². The zero-order valence-corrected chi connectivity index (χ0v) is 8.98. The molecule has 0 aliphatic rings. The van der Waals surface area contributed by atoms with Gasteiger partial charge in [0, 0.05) is 11.6 Å². The number of thioether (sulfide) groups is 1. The van der Waals surface area contributed by atoms with E-state index >= 15 is 0 Å². The number of hydrazine groups is 1. The largest absolute Gasteiger partial charge is 0.271 e. The van der Waals surface area contributed by atoms with E-state index in [1.54, 1.807) is 23.9 Å². The molecule has 0 amide bonds. The first-order valence-electron chi connectivity index (χ1n) is 4.49. The summed E-state index contributed by atoms with van der Waals surface area (Å²) < 4.78 is 13.4. The molecule has 0 saturated carbocycles. The predicted octanol–water partition coefficient (Wildman–Crippen LogP) is 2.08. The average molecular weight is 214 g/mol. The van der Waals surface area contributed by atoms with Gasteiger partial charge < -0.3 is 0 Å². The Morgan fingerprint density at radius 1 is 1.50 bits per heavy atom. The molecule has 1 rings (SSSR count). The average Bonchev–Trinajstić information content (AvgIpc) is 2.21. The molecular weight excluding hydrogens is 199 g/mol. The van der Waals surface area contributed by atoms with Crippen molar-refractivity contribution in [2.45, 2.75) is 12.5 Å². The molecule has 0 bridgehead atoms. The third kappa shape index (κ3) is 2.97. The second-order valence-electron chi connectivity index (χ2n) is 3.02. The molecule has 1 atom stereocenters. The van der Waals surface area contributed by atoms with Crippen molar-refractivity contribution in [1.29, 1.82) is 0 Å². The van der Waals surface area contributed by atoms with E-state index in [4.69, 9.17) is 5.84 Å². The summed E-state index contributed by atoms with van der Waals surface area (Å²) in [6, 6.07) is 6.63. The molecule has 2 nitrogen and oxygen atoms in total. The van der Waals surface area contributed by atoms with Crippen LogP contribution in [0.15, 0.2) is 24.3 Å². The number of nitrogens with one attached hydrogen (secondary N) is 1. The van der Waals surface area contributed by atoms with Crippen LogP contribution in [0.2, 0.25) is 0 Å². The lowest BCUT2D eigenvalue weighted by atomic mass is 10.0. The van der Waals surface area contributed by atoms with Gasteiger partial charge in [0.2, 0.25) is 0 Å². The fourth-order valence-corrected chi connectivity index (χ4v) is 1.79. The lowest BCUT2D eigenvalue weighted by molar-refractivity contribution is 0.504. The second kappa shape index (κ2) is 6.01. The van der Waals surface area contributed by atoms with Gasteiger partial charge in [-0.15, -0.1) is 0 Å². The van der Waals surface area contributed by atoms with Crippen LogP contribution in [0.3, 0.4) is 0 Å². The van der Waals surface area contributed by atoms with Crippen LogP contribution < -0.4 is 11.3 Å². The van der Waals surface area contributed by atoms with Crippen molar-refractivity contribution in [3.05, 3.63) is 35.6 Å². The molecule has 14 heavy (non-hydrogen) atoms. The Balaban J connectivity index is 2.73. The smallest absolute Gasteiger partial charge is 0.128 e. The number of rotatable bonds is 5. The van der Waals surface area contributed by atoms with Gasteiger partial charge in [0.15, 0.2) is 0 Å². The van der Waals surface area contributed by atoms with Crippen molar-refractivity contribution in [3.63, 3.8) is 0 Å². The number of nitrogens with two attached hydrogens (primary N) is 1. The van der Waals surface area contributed by atoms with Gasteiger partial charge in [-0.05, 0) is 24.5 Å². The topological polar surface area (TPSA) is 38.0 Å². The van der Waals surface area contributed by atoms with Crippen molar-refractivity contribution in [2.24, 2.45) is 5.84 Å². The van der Waals surface area contributed by atoms with Crippen LogP contribution in [0.4, 0.5) is 4.39 Å². The molecule has 4 heteroatoms. The number of hydrogen-bond acceptors (Lipinski definition) is 3. The Labute approximate surface area is 88.0 Å². The van der Waals surface area contributed by atoms with E-state index in [0.29, 0.717) is 5.56 Å². The first-order valence-corrected chi connectivity index (χ1v) is 5.88.